The molecule has 2 aromatic heterocycles. The van der Waals surface area contributed by atoms with E-state index in [0.29, 0.717) is 35.4 Å². The number of halogens is 1. The van der Waals surface area contributed by atoms with E-state index in [4.69, 9.17) is 22.4 Å². The maximum absolute atomic E-state index is 9.55. The van der Waals surface area contributed by atoms with Crippen LogP contribution in [-0.4, -0.2) is 31.4 Å². The van der Waals surface area contributed by atoms with E-state index in [1.165, 1.54) is 6.33 Å². The summed E-state index contributed by atoms with van der Waals surface area (Å²) < 4.78 is 1.86. The standard InChI is InChI=1S/C21H22ClN7O/c22-14-4-3-5-16(12-14)27-19-18-20(26-15-6-8-17(30)9-7-15)28-29(11-2-1-10-23)21(18)25-13-24-19/h3-9,12-13,30H,1-2,10-11,23H2,(H,26,28)(H,24,25,27). The molecule has 0 aliphatic rings. The summed E-state index contributed by atoms with van der Waals surface area (Å²) in [4.78, 5) is 8.91. The predicted octanol–water partition coefficient (Wildman–Crippen LogP) is 4.41. The van der Waals surface area contributed by atoms with Crippen molar-refractivity contribution in [1.29, 1.82) is 0 Å². The third kappa shape index (κ3) is 4.45. The molecule has 0 unspecified atom stereocenters. The number of benzene rings is 2. The summed E-state index contributed by atoms with van der Waals surface area (Å²) in [5.41, 5.74) is 7.96. The molecule has 8 nitrogen and oxygen atoms in total. The van der Waals surface area contributed by atoms with Gasteiger partial charge in [0, 0.05) is 22.9 Å². The first-order valence-electron chi connectivity index (χ1n) is 9.64. The van der Waals surface area contributed by atoms with Crippen LogP contribution in [0, 0.1) is 0 Å². The lowest BCUT2D eigenvalue weighted by Crippen LogP contribution is -2.05. The van der Waals surface area contributed by atoms with Gasteiger partial charge in [-0.05, 0) is 61.9 Å². The van der Waals surface area contributed by atoms with E-state index in [0.717, 1.165) is 29.6 Å². The average molecular weight is 424 g/mol. The molecule has 0 saturated carbocycles. The molecule has 30 heavy (non-hydrogen) atoms. The molecule has 0 bridgehead atoms. The fourth-order valence-corrected chi connectivity index (χ4v) is 3.33. The molecule has 0 fully saturated rings. The summed E-state index contributed by atoms with van der Waals surface area (Å²) in [5.74, 6) is 1.44. The number of anilines is 4. The molecule has 0 saturated heterocycles. The Hall–Kier alpha value is -3.36. The minimum atomic E-state index is 0.198. The number of nitrogens with two attached hydrogens (primary N) is 1. The number of aryl methyl sites for hydroxylation is 1. The van der Waals surface area contributed by atoms with Crippen LogP contribution >= 0.6 is 11.6 Å². The molecule has 154 valence electrons. The number of unbranched alkanes of at least 4 members (excludes halogenated alkanes) is 1. The van der Waals surface area contributed by atoms with Crippen molar-refractivity contribution in [3.8, 4) is 5.75 Å². The fourth-order valence-electron chi connectivity index (χ4n) is 3.14. The molecule has 0 spiro atoms. The lowest BCUT2D eigenvalue weighted by molar-refractivity contribution is 0.475. The van der Waals surface area contributed by atoms with Crippen molar-refractivity contribution in [1.82, 2.24) is 19.7 Å². The second-order valence-corrected chi connectivity index (χ2v) is 7.23. The Bertz CT molecular complexity index is 1140. The lowest BCUT2D eigenvalue weighted by Gasteiger charge is -2.09. The van der Waals surface area contributed by atoms with Crippen molar-refractivity contribution in [2.45, 2.75) is 19.4 Å². The van der Waals surface area contributed by atoms with Gasteiger partial charge in [0.2, 0.25) is 0 Å². The Labute approximate surface area is 178 Å². The smallest absolute Gasteiger partial charge is 0.165 e. The second kappa shape index (κ2) is 8.98. The molecule has 0 amide bonds. The van der Waals surface area contributed by atoms with Gasteiger partial charge < -0.3 is 21.5 Å². The van der Waals surface area contributed by atoms with Crippen molar-refractivity contribution in [3.63, 3.8) is 0 Å². The van der Waals surface area contributed by atoms with Gasteiger partial charge in [-0.1, -0.05) is 17.7 Å². The van der Waals surface area contributed by atoms with Gasteiger partial charge in [-0.2, -0.15) is 5.10 Å². The SMILES string of the molecule is NCCCCn1nc(Nc2ccc(O)cc2)c2c(Nc3cccc(Cl)c3)ncnc21. The minimum Gasteiger partial charge on any atom is -0.508 e. The van der Waals surface area contributed by atoms with Gasteiger partial charge in [-0.15, -0.1) is 0 Å². The molecular formula is C21H22ClN7O. The number of nitrogens with one attached hydrogen (secondary N) is 2. The van der Waals surface area contributed by atoms with Crippen molar-refractivity contribution in [2.75, 3.05) is 17.2 Å². The summed E-state index contributed by atoms with van der Waals surface area (Å²) in [6.45, 7) is 1.33. The van der Waals surface area contributed by atoms with E-state index in [9.17, 15) is 5.11 Å². The number of hydrogen-bond acceptors (Lipinski definition) is 7. The molecule has 0 aliphatic carbocycles. The zero-order valence-electron chi connectivity index (χ0n) is 16.2. The summed E-state index contributed by atoms with van der Waals surface area (Å²) in [6.07, 6.45) is 3.31. The summed E-state index contributed by atoms with van der Waals surface area (Å²) in [5, 5.41) is 22.3. The third-order valence-electron chi connectivity index (χ3n) is 4.57. The highest BCUT2D eigenvalue weighted by Crippen LogP contribution is 2.32. The second-order valence-electron chi connectivity index (χ2n) is 6.80. The normalized spacial score (nSPS) is 11.0. The zero-order chi connectivity index (χ0) is 20.9. The molecule has 0 radical (unpaired) electrons. The maximum Gasteiger partial charge on any atom is 0.165 e. The van der Waals surface area contributed by atoms with E-state index in [2.05, 4.69) is 20.6 Å². The van der Waals surface area contributed by atoms with Crippen LogP contribution in [0.25, 0.3) is 11.0 Å². The number of hydrogen-bond donors (Lipinski definition) is 4. The Morgan fingerprint density at radius 3 is 2.53 bits per heavy atom. The molecular weight excluding hydrogens is 402 g/mol. The van der Waals surface area contributed by atoms with Crippen LogP contribution in [0.4, 0.5) is 23.0 Å². The quantitative estimate of drug-likeness (QED) is 0.245. The van der Waals surface area contributed by atoms with Gasteiger partial charge in [0.25, 0.3) is 0 Å². The van der Waals surface area contributed by atoms with Crippen molar-refractivity contribution < 1.29 is 5.11 Å². The Morgan fingerprint density at radius 1 is 0.967 bits per heavy atom. The van der Waals surface area contributed by atoms with Crippen LogP contribution < -0.4 is 16.4 Å². The van der Waals surface area contributed by atoms with Crippen LogP contribution in [-0.2, 0) is 6.54 Å². The fraction of sp³-hybridized carbons (Fsp3) is 0.190. The number of rotatable bonds is 8. The largest absolute Gasteiger partial charge is 0.508 e. The lowest BCUT2D eigenvalue weighted by atomic mass is 10.2. The first-order valence-corrected chi connectivity index (χ1v) is 10.0. The van der Waals surface area contributed by atoms with E-state index < -0.39 is 0 Å². The Morgan fingerprint density at radius 2 is 1.77 bits per heavy atom. The van der Waals surface area contributed by atoms with Gasteiger partial charge in [-0.3, -0.25) is 0 Å². The molecule has 0 aliphatic heterocycles. The number of aromatic nitrogens is 4. The number of fused-ring (bicyclic) bond motifs is 1. The van der Waals surface area contributed by atoms with Gasteiger partial charge >= 0.3 is 0 Å². The monoisotopic (exact) mass is 423 g/mol. The van der Waals surface area contributed by atoms with Crippen LogP contribution in [0.2, 0.25) is 5.02 Å². The van der Waals surface area contributed by atoms with Crippen LogP contribution in [0.5, 0.6) is 5.75 Å². The number of phenols is 1. The van der Waals surface area contributed by atoms with E-state index in [1.54, 1.807) is 24.3 Å². The zero-order valence-corrected chi connectivity index (χ0v) is 17.0. The van der Waals surface area contributed by atoms with Crippen molar-refractivity contribution >= 4 is 45.6 Å². The summed E-state index contributed by atoms with van der Waals surface area (Å²) in [7, 11) is 0. The minimum absolute atomic E-state index is 0.198. The van der Waals surface area contributed by atoms with Crippen molar-refractivity contribution in [2.24, 2.45) is 5.73 Å². The highest BCUT2D eigenvalue weighted by molar-refractivity contribution is 6.30. The molecule has 5 N–H and O–H groups in total. The number of nitrogens with zero attached hydrogens (tertiary/aromatic N) is 4. The first-order chi connectivity index (χ1) is 14.6. The van der Waals surface area contributed by atoms with Gasteiger partial charge in [0.15, 0.2) is 11.5 Å². The van der Waals surface area contributed by atoms with Crippen LogP contribution in [0.1, 0.15) is 12.8 Å². The van der Waals surface area contributed by atoms with Gasteiger partial charge in [0.1, 0.15) is 23.3 Å². The molecule has 2 aromatic carbocycles. The number of phenolic OH excluding ortho intramolecular Hbond substituents is 1. The average Bonchev–Trinajstić information content (AvgIpc) is 3.08. The summed E-state index contributed by atoms with van der Waals surface area (Å²) >= 11 is 6.12. The van der Waals surface area contributed by atoms with Gasteiger partial charge in [-0.25, -0.2) is 14.6 Å². The number of aromatic hydroxyl groups is 1. The highest BCUT2D eigenvalue weighted by atomic mass is 35.5. The third-order valence-corrected chi connectivity index (χ3v) is 4.81. The first kappa shape index (κ1) is 19.9. The molecule has 0 atom stereocenters. The molecule has 4 aromatic rings. The van der Waals surface area contributed by atoms with Gasteiger partial charge in [0.05, 0.1) is 0 Å². The van der Waals surface area contributed by atoms with E-state index in [-0.39, 0.29) is 5.75 Å². The predicted molar refractivity (Wildman–Crippen MR) is 120 cm³/mol. The van der Waals surface area contributed by atoms with Crippen LogP contribution in [0.15, 0.2) is 54.9 Å². The Balaban J connectivity index is 1.76. The topological polar surface area (TPSA) is 114 Å². The molecule has 9 heteroatoms. The van der Waals surface area contributed by atoms with E-state index >= 15 is 0 Å². The van der Waals surface area contributed by atoms with Crippen molar-refractivity contribution in [3.05, 3.63) is 59.9 Å². The Kier molecular flexibility index (Phi) is 5.97. The van der Waals surface area contributed by atoms with E-state index in [1.807, 2.05) is 28.9 Å². The highest BCUT2D eigenvalue weighted by Gasteiger charge is 2.17. The summed E-state index contributed by atoms with van der Waals surface area (Å²) in [6, 6.07) is 14.2. The molecule has 4 rings (SSSR count). The maximum atomic E-state index is 9.55. The molecule has 2 heterocycles. The van der Waals surface area contributed by atoms with Crippen LogP contribution in [0.3, 0.4) is 0 Å².